The Labute approximate surface area is 250 Å². The average Bonchev–Trinajstić information content (AvgIpc) is 3.63. The van der Waals surface area contributed by atoms with Crippen molar-refractivity contribution in [1.82, 2.24) is 15.0 Å². The van der Waals surface area contributed by atoms with Gasteiger partial charge in [-0.25, -0.2) is 18.1 Å². The molecule has 0 radical (unpaired) electrons. The molecular formula is C32H32N4O6S. The molecule has 0 spiro atoms. The van der Waals surface area contributed by atoms with Crippen molar-refractivity contribution in [3.05, 3.63) is 102 Å². The van der Waals surface area contributed by atoms with Crippen LogP contribution in [0.1, 0.15) is 41.0 Å². The number of amides is 1. The fourth-order valence-electron chi connectivity index (χ4n) is 4.59. The maximum atomic E-state index is 13.6. The molecule has 3 aromatic carbocycles. The van der Waals surface area contributed by atoms with Gasteiger partial charge in [0.25, 0.3) is 15.9 Å². The van der Waals surface area contributed by atoms with Crippen molar-refractivity contribution >= 4 is 21.8 Å². The minimum atomic E-state index is -4.08. The Hall–Kier alpha value is -4.90. The first-order valence-electron chi connectivity index (χ1n) is 13.6. The third-order valence-corrected chi connectivity index (χ3v) is 8.25. The number of hydrogen-bond acceptors (Lipinski definition) is 8. The van der Waals surface area contributed by atoms with Gasteiger partial charge in [0.05, 0.1) is 22.9 Å². The van der Waals surface area contributed by atoms with E-state index in [1.165, 1.54) is 12.3 Å². The predicted octanol–water partition coefficient (Wildman–Crippen LogP) is 6.47. The number of hydrogen-bond donors (Lipinski definition) is 1. The number of carbonyl (C=O) groups excluding carboxylic acids is 1. The summed E-state index contributed by atoms with van der Waals surface area (Å²) in [6, 6.07) is 19.1. The monoisotopic (exact) mass is 600 g/mol. The third-order valence-electron chi connectivity index (χ3n) is 6.86. The molecule has 0 fully saturated rings. The second-order valence-corrected chi connectivity index (χ2v) is 12.0. The molecule has 43 heavy (non-hydrogen) atoms. The number of anilines is 1. The predicted molar refractivity (Wildman–Crippen MR) is 162 cm³/mol. The number of benzene rings is 3. The van der Waals surface area contributed by atoms with Crippen LogP contribution in [-0.4, -0.2) is 42.5 Å². The van der Waals surface area contributed by atoms with E-state index in [1.807, 2.05) is 26.0 Å². The van der Waals surface area contributed by atoms with Crippen molar-refractivity contribution in [2.24, 2.45) is 0 Å². The third kappa shape index (κ3) is 6.46. The van der Waals surface area contributed by atoms with Crippen molar-refractivity contribution in [3.8, 4) is 28.3 Å². The summed E-state index contributed by atoms with van der Waals surface area (Å²) in [5.74, 6) is 0.933. The minimum absolute atomic E-state index is 0.0179. The summed E-state index contributed by atoms with van der Waals surface area (Å²) in [5, 5.41) is 3.85. The summed E-state index contributed by atoms with van der Waals surface area (Å²) in [6.07, 6.45) is 3.04. The number of aryl methyl sites for hydroxylation is 1. The lowest BCUT2D eigenvalue weighted by Gasteiger charge is -2.21. The van der Waals surface area contributed by atoms with Crippen LogP contribution in [0.5, 0.6) is 5.75 Å². The zero-order valence-electron chi connectivity index (χ0n) is 24.5. The van der Waals surface area contributed by atoms with Gasteiger partial charge in [0.15, 0.2) is 0 Å². The van der Waals surface area contributed by atoms with Crippen LogP contribution in [0.15, 0.2) is 93.0 Å². The molecule has 0 aliphatic heterocycles. The molecule has 0 saturated heterocycles. The SMILES string of the molecule is Cc1noc(NS(=O)(=O)c2ccccc2-c2ccc(-c3ncco3)cc2CN(C)C(=O)c2ccc(OC(C)C)cc2)c1C. The van der Waals surface area contributed by atoms with Crippen LogP contribution < -0.4 is 9.46 Å². The standard InChI is InChI=1S/C32H32N4O6S/c1-20(2)41-26-13-10-23(11-14-26)32(37)36(5)19-25-18-24(31-33-16-17-40-31)12-15-27(25)28-8-6-7-9-29(28)43(38,39)35-30-21(3)22(4)34-42-30/h6-18,20,35H,19H2,1-5H3. The van der Waals surface area contributed by atoms with Crippen LogP contribution in [0.2, 0.25) is 0 Å². The Bertz CT molecular complexity index is 1850. The first kappa shape index (κ1) is 29.6. The highest BCUT2D eigenvalue weighted by atomic mass is 32.2. The maximum absolute atomic E-state index is 13.6. The quantitative estimate of drug-likeness (QED) is 0.193. The highest BCUT2D eigenvalue weighted by molar-refractivity contribution is 7.92. The normalized spacial score (nSPS) is 11.5. The van der Waals surface area contributed by atoms with Gasteiger partial charge in [-0.3, -0.25) is 4.79 Å². The van der Waals surface area contributed by atoms with Crippen LogP contribution in [-0.2, 0) is 16.6 Å². The number of aromatic nitrogens is 2. The smallest absolute Gasteiger partial charge is 0.264 e. The molecule has 0 unspecified atom stereocenters. The molecule has 222 valence electrons. The van der Waals surface area contributed by atoms with Gasteiger partial charge in [-0.05, 0) is 81.3 Å². The second-order valence-electron chi connectivity index (χ2n) is 10.4. The molecule has 1 N–H and O–H groups in total. The average molecular weight is 601 g/mol. The molecule has 0 saturated carbocycles. The molecule has 0 atom stereocenters. The number of nitrogens with zero attached hydrogens (tertiary/aromatic N) is 3. The van der Waals surface area contributed by atoms with Crippen molar-refractivity contribution in [2.75, 3.05) is 11.8 Å². The molecule has 0 aliphatic carbocycles. The number of nitrogens with one attached hydrogen (secondary N) is 1. The van der Waals surface area contributed by atoms with Gasteiger partial charge < -0.3 is 18.6 Å². The topological polar surface area (TPSA) is 128 Å². The van der Waals surface area contributed by atoms with Crippen molar-refractivity contribution in [3.63, 3.8) is 0 Å². The largest absolute Gasteiger partial charge is 0.491 e. The van der Waals surface area contributed by atoms with E-state index in [0.29, 0.717) is 50.7 Å². The van der Waals surface area contributed by atoms with Gasteiger partial charge in [-0.1, -0.05) is 29.4 Å². The van der Waals surface area contributed by atoms with Gasteiger partial charge in [-0.2, -0.15) is 0 Å². The highest BCUT2D eigenvalue weighted by Crippen LogP contribution is 2.35. The molecule has 11 heteroatoms. The summed E-state index contributed by atoms with van der Waals surface area (Å²) in [4.78, 5) is 19.3. The van der Waals surface area contributed by atoms with E-state index in [2.05, 4.69) is 14.9 Å². The van der Waals surface area contributed by atoms with Gasteiger partial charge in [0.2, 0.25) is 11.8 Å². The lowest BCUT2D eigenvalue weighted by molar-refractivity contribution is 0.0785. The molecule has 5 aromatic rings. The minimum Gasteiger partial charge on any atom is -0.491 e. The van der Waals surface area contributed by atoms with Crippen LogP contribution in [0.3, 0.4) is 0 Å². The molecule has 10 nitrogen and oxygen atoms in total. The van der Waals surface area contributed by atoms with Crippen LogP contribution in [0, 0.1) is 13.8 Å². The highest BCUT2D eigenvalue weighted by Gasteiger charge is 2.25. The molecule has 0 bridgehead atoms. The van der Waals surface area contributed by atoms with E-state index in [4.69, 9.17) is 13.7 Å². The lowest BCUT2D eigenvalue weighted by atomic mass is 9.96. The summed E-state index contributed by atoms with van der Waals surface area (Å²) in [6.45, 7) is 7.51. The lowest BCUT2D eigenvalue weighted by Crippen LogP contribution is -2.26. The van der Waals surface area contributed by atoms with E-state index in [9.17, 15) is 13.2 Å². The van der Waals surface area contributed by atoms with Crippen LogP contribution in [0.25, 0.3) is 22.6 Å². The first-order valence-corrected chi connectivity index (χ1v) is 15.1. The number of rotatable bonds is 10. The summed E-state index contributed by atoms with van der Waals surface area (Å²) < 4.78 is 46.2. The van der Waals surface area contributed by atoms with Gasteiger partial charge >= 0.3 is 0 Å². The Morgan fingerprint density at radius 2 is 1.77 bits per heavy atom. The number of carbonyl (C=O) groups is 1. The van der Waals surface area contributed by atoms with Crippen molar-refractivity contribution in [2.45, 2.75) is 45.2 Å². The van der Waals surface area contributed by atoms with E-state index in [-0.39, 0.29) is 29.3 Å². The zero-order chi connectivity index (χ0) is 30.7. The molecule has 5 rings (SSSR count). The van der Waals surface area contributed by atoms with E-state index < -0.39 is 10.0 Å². The van der Waals surface area contributed by atoms with Gasteiger partial charge in [0, 0.05) is 35.8 Å². The second kappa shape index (κ2) is 12.1. The van der Waals surface area contributed by atoms with E-state index in [1.54, 1.807) is 80.5 Å². The Morgan fingerprint density at radius 3 is 2.42 bits per heavy atom. The van der Waals surface area contributed by atoms with Crippen molar-refractivity contribution in [1.29, 1.82) is 0 Å². The number of oxazole rings is 1. The fraction of sp³-hybridized carbons (Fsp3) is 0.219. The molecule has 2 aromatic heterocycles. The first-order chi connectivity index (χ1) is 20.5. The van der Waals surface area contributed by atoms with Crippen LogP contribution >= 0.6 is 0 Å². The summed E-state index contributed by atoms with van der Waals surface area (Å²) in [7, 11) is -2.38. The maximum Gasteiger partial charge on any atom is 0.264 e. The Morgan fingerprint density at radius 1 is 1.02 bits per heavy atom. The molecular weight excluding hydrogens is 568 g/mol. The van der Waals surface area contributed by atoms with Gasteiger partial charge in [0.1, 0.15) is 12.0 Å². The van der Waals surface area contributed by atoms with E-state index in [0.717, 1.165) is 0 Å². The number of ether oxygens (including phenoxy) is 1. The molecule has 0 aliphatic rings. The van der Waals surface area contributed by atoms with E-state index >= 15 is 0 Å². The Kier molecular flexibility index (Phi) is 8.36. The van der Waals surface area contributed by atoms with Crippen molar-refractivity contribution < 1.29 is 26.9 Å². The molecule has 1 amide bonds. The fourth-order valence-corrected chi connectivity index (χ4v) is 5.86. The number of sulfonamides is 1. The van der Waals surface area contributed by atoms with Crippen LogP contribution in [0.4, 0.5) is 5.88 Å². The zero-order valence-corrected chi connectivity index (χ0v) is 25.3. The molecule has 2 heterocycles. The summed E-state index contributed by atoms with van der Waals surface area (Å²) >= 11 is 0. The van der Waals surface area contributed by atoms with Gasteiger partial charge in [-0.15, -0.1) is 0 Å². The Balaban J connectivity index is 1.52. The summed E-state index contributed by atoms with van der Waals surface area (Å²) in [5.41, 5.74) is 4.14.